The van der Waals surface area contributed by atoms with Crippen LogP contribution >= 0.6 is 0 Å². The average Bonchev–Trinajstić information content (AvgIpc) is 2.70. The number of carbonyl (C=O) groups excluding carboxylic acids is 2. The Balaban J connectivity index is 1.57. The zero-order valence-electron chi connectivity index (χ0n) is 17.4. The van der Waals surface area contributed by atoms with Gasteiger partial charge in [-0.3, -0.25) is 9.59 Å². The standard InChI is InChI=1S/C22H32N4O2/c1-5-20(27)25-11-7-16(8-12-25)21(28)26-13-9-18-17(15-26)14-23-19(24-18)6-10-22(2,3)4/h5,14,16H,1,6-13,15H2,2-4H3. The molecule has 28 heavy (non-hydrogen) atoms. The van der Waals surface area contributed by atoms with Gasteiger partial charge in [0.2, 0.25) is 11.8 Å². The number of nitrogens with zero attached hydrogens (tertiary/aromatic N) is 4. The molecule has 0 radical (unpaired) electrons. The van der Waals surface area contributed by atoms with Crippen LogP contribution in [-0.2, 0) is 29.0 Å². The molecule has 1 aromatic heterocycles. The van der Waals surface area contributed by atoms with Crippen LogP contribution in [0.2, 0.25) is 0 Å². The van der Waals surface area contributed by atoms with Crippen molar-refractivity contribution in [2.24, 2.45) is 11.3 Å². The first-order chi connectivity index (χ1) is 13.3. The predicted octanol–water partition coefficient (Wildman–Crippen LogP) is 2.76. The van der Waals surface area contributed by atoms with Crippen molar-refractivity contribution in [2.45, 2.75) is 59.4 Å². The van der Waals surface area contributed by atoms with Gasteiger partial charge in [0.25, 0.3) is 0 Å². The Morgan fingerprint density at radius 1 is 1.21 bits per heavy atom. The number of aryl methyl sites for hydroxylation is 1. The Bertz CT molecular complexity index is 745. The van der Waals surface area contributed by atoms with E-state index in [9.17, 15) is 9.59 Å². The molecule has 1 fully saturated rings. The van der Waals surface area contributed by atoms with Gasteiger partial charge in [-0.05, 0) is 30.8 Å². The van der Waals surface area contributed by atoms with Gasteiger partial charge in [-0.2, -0.15) is 0 Å². The largest absolute Gasteiger partial charge is 0.339 e. The van der Waals surface area contributed by atoms with Gasteiger partial charge >= 0.3 is 0 Å². The van der Waals surface area contributed by atoms with Gasteiger partial charge in [0.1, 0.15) is 5.82 Å². The zero-order chi connectivity index (χ0) is 20.3. The minimum absolute atomic E-state index is 0.00222. The van der Waals surface area contributed by atoms with Crippen LogP contribution < -0.4 is 0 Å². The summed E-state index contributed by atoms with van der Waals surface area (Å²) < 4.78 is 0. The maximum absolute atomic E-state index is 13.0. The molecule has 1 aromatic rings. The van der Waals surface area contributed by atoms with E-state index >= 15 is 0 Å². The van der Waals surface area contributed by atoms with Crippen molar-refractivity contribution in [1.82, 2.24) is 19.8 Å². The highest BCUT2D eigenvalue weighted by molar-refractivity contribution is 5.87. The number of fused-ring (bicyclic) bond motifs is 1. The Morgan fingerprint density at radius 2 is 1.93 bits per heavy atom. The SMILES string of the molecule is C=CC(=O)N1CCC(C(=O)N2CCc3nc(CCC(C)(C)C)ncc3C2)CC1. The number of carbonyl (C=O) groups is 2. The molecule has 1 saturated heterocycles. The highest BCUT2D eigenvalue weighted by Gasteiger charge is 2.31. The summed E-state index contributed by atoms with van der Waals surface area (Å²) in [5, 5.41) is 0. The first kappa shape index (κ1) is 20.5. The Hall–Kier alpha value is -2.24. The van der Waals surface area contributed by atoms with Crippen molar-refractivity contribution >= 4 is 11.8 Å². The normalized spacial score (nSPS) is 18.0. The molecule has 0 aromatic carbocycles. The topological polar surface area (TPSA) is 66.4 Å². The first-order valence-corrected chi connectivity index (χ1v) is 10.3. The van der Waals surface area contributed by atoms with Gasteiger partial charge < -0.3 is 9.80 Å². The second-order valence-electron chi connectivity index (χ2n) is 9.13. The molecule has 152 valence electrons. The van der Waals surface area contributed by atoms with Crippen LogP contribution in [-0.4, -0.2) is 51.2 Å². The second kappa shape index (κ2) is 8.41. The van der Waals surface area contributed by atoms with E-state index in [1.807, 2.05) is 11.1 Å². The highest BCUT2D eigenvalue weighted by Crippen LogP contribution is 2.25. The monoisotopic (exact) mass is 384 g/mol. The molecular weight excluding hydrogens is 352 g/mol. The zero-order valence-corrected chi connectivity index (χ0v) is 17.4. The molecule has 3 heterocycles. The van der Waals surface area contributed by atoms with E-state index in [0.29, 0.717) is 26.2 Å². The fourth-order valence-electron chi connectivity index (χ4n) is 3.89. The Kier molecular flexibility index (Phi) is 6.16. The molecular formula is C22H32N4O2. The third-order valence-corrected chi connectivity index (χ3v) is 5.72. The van der Waals surface area contributed by atoms with Crippen LogP contribution in [0.1, 0.15) is 57.1 Å². The molecule has 2 amide bonds. The highest BCUT2D eigenvalue weighted by atomic mass is 16.2. The van der Waals surface area contributed by atoms with Gasteiger partial charge in [-0.25, -0.2) is 9.97 Å². The first-order valence-electron chi connectivity index (χ1n) is 10.3. The molecule has 0 saturated carbocycles. The van der Waals surface area contributed by atoms with Gasteiger partial charge in [0.15, 0.2) is 0 Å². The van der Waals surface area contributed by atoms with E-state index in [1.165, 1.54) is 6.08 Å². The van der Waals surface area contributed by atoms with Crippen molar-refractivity contribution in [3.05, 3.63) is 35.9 Å². The van der Waals surface area contributed by atoms with E-state index in [-0.39, 0.29) is 23.1 Å². The van der Waals surface area contributed by atoms with Gasteiger partial charge in [-0.1, -0.05) is 27.4 Å². The predicted molar refractivity (Wildman–Crippen MR) is 108 cm³/mol. The van der Waals surface area contributed by atoms with E-state index in [2.05, 4.69) is 32.3 Å². The van der Waals surface area contributed by atoms with E-state index in [0.717, 1.165) is 49.2 Å². The summed E-state index contributed by atoms with van der Waals surface area (Å²) in [6.45, 7) is 12.8. The molecule has 0 spiro atoms. The summed E-state index contributed by atoms with van der Waals surface area (Å²) in [6.07, 6.45) is 7.45. The summed E-state index contributed by atoms with van der Waals surface area (Å²) in [7, 11) is 0. The Morgan fingerprint density at radius 3 is 2.57 bits per heavy atom. The maximum Gasteiger partial charge on any atom is 0.245 e. The van der Waals surface area contributed by atoms with E-state index in [4.69, 9.17) is 4.98 Å². The number of rotatable bonds is 4. The van der Waals surface area contributed by atoms with Crippen LogP contribution in [0.25, 0.3) is 0 Å². The number of piperidine rings is 1. The van der Waals surface area contributed by atoms with Crippen molar-refractivity contribution in [1.29, 1.82) is 0 Å². The Labute approximate surface area is 168 Å². The third-order valence-electron chi connectivity index (χ3n) is 5.72. The van der Waals surface area contributed by atoms with Gasteiger partial charge in [0.05, 0.1) is 5.69 Å². The lowest BCUT2D eigenvalue weighted by molar-refractivity contribution is -0.140. The molecule has 0 aliphatic carbocycles. The van der Waals surface area contributed by atoms with E-state index < -0.39 is 0 Å². The van der Waals surface area contributed by atoms with Crippen LogP contribution in [0.5, 0.6) is 0 Å². The number of hydrogen-bond donors (Lipinski definition) is 0. The lowest BCUT2D eigenvalue weighted by Crippen LogP contribution is -2.45. The van der Waals surface area contributed by atoms with E-state index in [1.54, 1.807) is 4.90 Å². The summed E-state index contributed by atoms with van der Waals surface area (Å²) in [5.74, 6) is 1.07. The fraction of sp³-hybridized carbons (Fsp3) is 0.636. The van der Waals surface area contributed by atoms with Crippen molar-refractivity contribution in [3.63, 3.8) is 0 Å². The molecule has 6 heteroatoms. The summed E-state index contributed by atoms with van der Waals surface area (Å²) >= 11 is 0. The third kappa shape index (κ3) is 4.97. The number of hydrogen-bond acceptors (Lipinski definition) is 4. The van der Waals surface area contributed by atoms with Crippen LogP contribution in [0.3, 0.4) is 0 Å². The quantitative estimate of drug-likeness (QED) is 0.749. The number of aromatic nitrogens is 2. The van der Waals surface area contributed by atoms with Crippen molar-refractivity contribution in [2.75, 3.05) is 19.6 Å². The van der Waals surface area contributed by atoms with Crippen LogP contribution in [0.15, 0.2) is 18.9 Å². The molecule has 0 N–H and O–H groups in total. The number of likely N-dealkylation sites (tertiary alicyclic amines) is 1. The second-order valence-corrected chi connectivity index (χ2v) is 9.13. The smallest absolute Gasteiger partial charge is 0.245 e. The summed E-state index contributed by atoms with van der Waals surface area (Å²) in [4.78, 5) is 37.7. The molecule has 0 bridgehead atoms. The fourth-order valence-corrected chi connectivity index (χ4v) is 3.89. The minimum Gasteiger partial charge on any atom is -0.339 e. The summed E-state index contributed by atoms with van der Waals surface area (Å²) in [6, 6.07) is 0. The van der Waals surface area contributed by atoms with Crippen LogP contribution in [0, 0.1) is 11.3 Å². The van der Waals surface area contributed by atoms with Crippen molar-refractivity contribution < 1.29 is 9.59 Å². The average molecular weight is 385 g/mol. The minimum atomic E-state index is -0.0442. The number of amides is 2. The molecule has 2 aliphatic rings. The lowest BCUT2D eigenvalue weighted by atomic mass is 9.90. The maximum atomic E-state index is 13.0. The molecule has 6 nitrogen and oxygen atoms in total. The molecule has 2 aliphatic heterocycles. The van der Waals surface area contributed by atoms with Crippen molar-refractivity contribution in [3.8, 4) is 0 Å². The molecule has 3 rings (SSSR count). The lowest BCUT2D eigenvalue weighted by Gasteiger charge is -2.35. The van der Waals surface area contributed by atoms with Gasteiger partial charge in [0, 0.05) is 56.7 Å². The summed E-state index contributed by atoms with van der Waals surface area (Å²) in [5.41, 5.74) is 2.43. The molecule has 0 unspecified atom stereocenters. The van der Waals surface area contributed by atoms with Gasteiger partial charge in [-0.15, -0.1) is 0 Å². The van der Waals surface area contributed by atoms with Crippen LogP contribution in [0.4, 0.5) is 0 Å². The molecule has 0 atom stereocenters.